The first-order valence-corrected chi connectivity index (χ1v) is 10.4. The Hall–Kier alpha value is -2.94. The van der Waals surface area contributed by atoms with Crippen molar-refractivity contribution in [3.63, 3.8) is 0 Å². The summed E-state index contributed by atoms with van der Waals surface area (Å²) in [4.78, 5) is 28.4. The van der Waals surface area contributed by atoms with Crippen LogP contribution >= 0.6 is 11.6 Å². The molecule has 0 aromatic heterocycles. The fourth-order valence-electron chi connectivity index (χ4n) is 3.51. The van der Waals surface area contributed by atoms with Crippen LogP contribution in [0.2, 0.25) is 5.02 Å². The zero-order valence-electron chi connectivity index (χ0n) is 17.4. The van der Waals surface area contributed by atoms with Gasteiger partial charge in [-0.05, 0) is 30.3 Å². The maximum atomic E-state index is 12.9. The molecule has 10 heteroatoms. The summed E-state index contributed by atoms with van der Waals surface area (Å²) in [5, 5.41) is 1.94. The first-order valence-electron chi connectivity index (χ1n) is 10.0. The number of halogens is 4. The number of methoxy groups -OCH3 is 1. The third-order valence-corrected chi connectivity index (χ3v) is 5.51. The number of ether oxygens (including phenoxy) is 1. The van der Waals surface area contributed by atoms with Crippen molar-refractivity contribution in [3.8, 4) is 5.75 Å². The Morgan fingerprint density at radius 3 is 2.41 bits per heavy atom. The number of hydrogen-bond acceptors (Lipinski definition) is 4. The predicted octanol–water partition coefficient (Wildman–Crippen LogP) is 4.43. The van der Waals surface area contributed by atoms with Crippen molar-refractivity contribution in [2.24, 2.45) is 0 Å². The van der Waals surface area contributed by atoms with Gasteiger partial charge in [-0.3, -0.25) is 9.59 Å². The maximum absolute atomic E-state index is 12.9. The number of benzene rings is 2. The van der Waals surface area contributed by atoms with Gasteiger partial charge < -0.3 is 19.9 Å². The smallest absolute Gasteiger partial charge is 0.417 e. The second-order valence-electron chi connectivity index (χ2n) is 7.28. The van der Waals surface area contributed by atoms with E-state index < -0.39 is 22.7 Å². The molecule has 0 radical (unpaired) electrons. The molecule has 1 saturated heterocycles. The van der Waals surface area contributed by atoms with Crippen molar-refractivity contribution >= 4 is 34.8 Å². The lowest BCUT2D eigenvalue weighted by atomic mass is 10.1. The summed E-state index contributed by atoms with van der Waals surface area (Å²) in [7, 11) is 1.61. The monoisotopic (exact) mass is 469 g/mol. The Kier molecular flexibility index (Phi) is 7.50. The molecule has 1 heterocycles. The van der Waals surface area contributed by atoms with Crippen molar-refractivity contribution < 1.29 is 27.5 Å². The molecular formula is C22H23ClF3N3O3. The van der Waals surface area contributed by atoms with Crippen LogP contribution in [-0.2, 0) is 15.8 Å². The molecule has 0 saturated carbocycles. The van der Waals surface area contributed by atoms with Crippen LogP contribution in [0.15, 0.2) is 42.5 Å². The van der Waals surface area contributed by atoms with Crippen LogP contribution in [0, 0.1) is 0 Å². The molecular weight excluding hydrogens is 447 g/mol. The topological polar surface area (TPSA) is 61.9 Å². The average molecular weight is 470 g/mol. The van der Waals surface area contributed by atoms with Gasteiger partial charge in [-0.25, -0.2) is 0 Å². The predicted molar refractivity (Wildman–Crippen MR) is 116 cm³/mol. The van der Waals surface area contributed by atoms with Gasteiger partial charge in [0.25, 0.3) is 0 Å². The van der Waals surface area contributed by atoms with Gasteiger partial charge in [0.15, 0.2) is 0 Å². The summed E-state index contributed by atoms with van der Waals surface area (Å²) < 4.78 is 44.2. The highest BCUT2D eigenvalue weighted by Gasteiger charge is 2.33. The minimum absolute atomic E-state index is 0.0235. The Morgan fingerprint density at radius 1 is 1.06 bits per heavy atom. The van der Waals surface area contributed by atoms with E-state index >= 15 is 0 Å². The fraction of sp³-hybridized carbons (Fsp3) is 0.364. The molecule has 6 nitrogen and oxygen atoms in total. The second-order valence-corrected chi connectivity index (χ2v) is 7.69. The molecule has 1 aliphatic rings. The Balaban J connectivity index is 1.49. The van der Waals surface area contributed by atoms with E-state index in [1.165, 1.54) is 6.07 Å². The molecule has 0 atom stereocenters. The summed E-state index contributed by atoms with van der Waals surface area (Å²) in [6.45, 7) is 2.27. The van der Waals surface area contributed by atoms with E-state index in [1.54, 1.807) is 12.0 Å². The zero-order chi connectivity index (χ0) is 23.3. The van der Waals surface area contributed by atoms with Crippen molar-refractivity contribution in [1.29, 1.82) is 0 Å². The number of amides is 2. The van der Waals surface area contributed by atoms with E-state index in [-0.39, 0.29) is 24.4 Å². The lowest BCUT2D eigenvalue weighted by molar-refractivity contribution is -0.137. The van der Waals surface area contributed by atoms with Crippen LogP contribution in [0.3, 0.4) is 0 Å². The summed E-state index contributed by atoms with van der Waals surface area (Å²) in [6, 6.07) is 10.8. The fourth-order valence-corrected chi connectivity index (χ4v) is 3.73. The molecule has 32 heavy (non-hydrogen) atoms. The van der Waals surface area contributed by atoms with Gasteiger partial charge in [0.1, 0.15) is 5.75 Å². The first kappa shape index (κ1) is 23.7. The summed E-state index contributed by atoms with van der Waals surface area (Å²) >= 11 is 5.58. The first-order chi connectivity index (χ1) is 15.2. The molecule has 2 aromatic carbocycles. The minimum Gasteiger partial charge on any atom is -0.495 e. The normalized spacial score (nSPS) is 14.3. The van der Waals surface area contributed by atoms with Crippen molar-refractivity contribution in [1.82, 2.24) is 4.90 Å². The van der Waals surface area contributed by atoms with Gasteiger partial charge in [-0.2, -0.15) is 13.2 Å². The number of para-hydroxylation sites is 2. The number of anilines is 2. The van der Waals surface area contributed by atoms with E-state index in [4.69, 9.17) is 16.3 Å². The number of carbonyl (C=O) groups is 2. The van der Waals surface area contributed by atoms with Gasteiger partial charge in [0, 0.05) is 44.7 Å². The van der Waals surface area contributed by atoms with Crippen LogP contribution < -0.4 is 15.0 Å². The number of nitrogens with one attached hydrogen (secondary N) is 1. The second kappa shape index (κ2) is 10.1. The quantitative estimate of drug-likeness (QED) is 0.679. The summed E-state index contributed by atoms with van der Waals surface area (Å²) in [5.74, 6) is 0.0493. The minimum atomic E-state index is -4.63. The number of rotatable bonds is 6. The zero-order valence-corrected chi connectivity index (χ0v) is 18.2. The number of nitrogens with zero attached hydrogens (tertiary/aromatic N) is 2. The highest BCUT2D eigenvalue weighted by atomic mass is 35.5. The number of alkyl halides is 3. The molecule has 1 fully saturated rings. The Morgan fingerprint density at radius 2 is 1.75 bits per heavy atom. The molecule has 0 spiro atoms. The van der Waals surface area contributed by atoms with E-state index in [1.807, 2.05) is 24.3 Å². The third kappa shape index (κ3) is 5.85. The van der Waals surface area contributed by atoms with Crippen LogP contribution in [0.1, 0.15) is 18.4 Å². The molecule has 1 N–H and O–H groups in total. The molecule has 172 valence electrons. The molecule has 3 rings (SSSR count). The molecule has 0 unspecified atom stereocenters. The van der Waals surface area contributed by atoms with Gasteiger partial charge in [0.05, 0.1) is 23.4 Å². The molecule has 2 amide bonds. The lowest BCUT2D eigenvalue weighted by Crippen LogP contribution is -2.49. The van der Waals surface area contributed by atoms with E-state index in [9.17, 15) is 22.8 Å². The van der Waals surface area contributed by atoms with Crippen molar-refractivity contribution in [2.45, 2.75) is 19.0 Å². The summed E-state index contributed by atoms with van der Waals surface area (Å²) in [5.41, 5.74) is -0.0896. The third-order valence-electron chi connectivity index (χ3n) is 5.18. The number of carbonyl (C=O) groups excluding carboxylic acids is 2. The average Bonchev–Trinajstić information content (AvgIpc) is 2.78. The van der Waals surface area contributed by atoms with Gasteiger partial charge in [-0.15, -0.1) is 0 Å². The molecule has 0 bridgehead atoms. The molecule has 1 aliphatic heterocycles. The van der Waals surface area contributed by atoms with Gasteiger partial charge in [0.2, 0.25) is 11.8 Å². The molecule has 2 aromatic rings. The van der Waals surface area contributed by atoms with Crippen molar-refractivity contribution in [2.75, 3.05) is 43.5 Å². The number of hydrogen-bond donors (Lipinski definition) is 1. The highest BCUT2D eigenvalue weighted by Crippen LogP contribution is 2.36. The Bertz CT molecular complexity index is 976. The van der Waals surface area contributed by atoms with E-state index in [2.05, 4.69) is 10.2 Å². The van der Waals surface area contributed by atoms with Gasteiger partial charge in [-0.1, -0.05) is 23.7 Å². The molecule has 0 aliphatic carbocycles. The van der Waals surface area contributed by atoms with Crippen LogP contribution in [0.25, 0.3) is 0 Å². The van der Waals surface area contributed by atoms with E-state index in [0.717, 1.165) is 23.6 Å². The Labute approximate surface area is 188 Å². The number of piperazine rings is 1. The van der Waals surface area contributed by atoms with Crippen LogP contribution in [0.4, 0.5) is 24.5 Å². The van der Waals surface area contributed by atoms with Crippen molar-refractivity contribution in [3.05, 3.63) is 53.1 Å². The lowest BCUT2D eigenvalue weighted by Gasteiger charge is -2.36. The standard InChI is InChI=1S/C22H23ClF3N3O3/c1-32-19-5-3-2-4-18(19)28-10-12-29(13-11-28)21(31)9-8-20(30)27-15-6-7-17(23)16(14-15)22(24,25)26/h2-7,14H,8-13H2,1H3,(H,27,30). The largest absolute Gasteiger partial charge is 0.495 e. The van der Waals surface area contributed by atoms with Crippen LogP contribution in [-0.4, -0.2) is 50.0 Å². The SMILES string of the molecule is COc1ccccc1N1CCN(C(=O)CCC(=O)Nc2ccc(Cl)c(C(F)(F)F)c2)CC1. The highest BCUT2D eigenvalue weighted by molar-refractivity contribution is 6.31. The van der Waals surface area contributed by atoms with E-state index in [0.29, 0.717) is 26.2 Å². The van der Waals surface area contributed by atoms with Crippen LogP contribution in [0.5, 0.6) is 5.75 Å². The maximum Gasteiger partial charge on any atom is 0.417 e. The summed E-state index contributed by atoms with van der Waals surface area (Å²) in [6.07, 6.45) is -4.78. The van der Waals surface area contributed by atoms with Gasteiger partial charge >= 0.3 is 6.18 Å².